The van der Waals surface area contributed by atoms with Crippen LogP contribution in [0.1, 0.15) is 78.6 Å². The van der Waals surface area contributed by atoms with Gasteiger partial charge in [0.15, 0.2) is 12.2 Å². The number of aliphatic hydroxyl groups is 2. The number of esters is 5. The van der Waals surface area contributed by atoms with E-state index in [1.807, 2.05) is 0 Å². The highest BCUT2D eigenvalue weighted by molar-refractivity contribution is 5.89. The van der Waals surface area contributed by atoms with Crippen molar-refractivity contribution in [3.63, 3.8) is 0 Å². The molecule has 0 unspecified atom stereocenters. The van der Waals surface area contributed by atoms with E-state index in [1.54, 1.807) is 32.0 Å². The normalized spacial score (nSPS) is 33.5. The van der Waals surface area contributed by atoms with Gasteiger partial charge in [0.1, 0.15) is 18.3 Å². The third-order valence-corrected chi connectivity index (χ3v) is 10.0. The van der Waals surface area contributed by atoms with E-state index < -0.39 is 88.8 Å². The smallest absolute Gasteiger partial charge is 0.338 e. The molecule has 1 aromatic carbocycles. The van der Waals surface area contributed by atoms with Crippen molar-refractivity contribution in [2.24, 2.45) is 16.7 Å². The lowest BCUT2D eigenvalue weighted by molar-refractivity contribution is -0.214. The van der Waals surface area contributed by atoms with Gasteiger partial charge in [-0.3, -0.25) is 19.2 Å². The van der Waals surface area contributed by atoms with Crippen molar-refractivity contribution in [1.29, 1.82) is 0 Å². The molecule has 4 rings (SSSR count). The lowest BCUT2D eigenvalue weighted by Crippen LogP contribution is -2.64. The minimum absolute atomic E-state index is 0.143. The molecule has 0 radical (unpaired) electrons. The summed E-state index contributed by atoms with van der Waals surface area (Å²) in [6.45, 7) is 15.2. The molecular formula is C35H44O12. The van der Waals surface area contributed by atoms with Crippen LogP contribution in [0.2, 0.25) is 0 Å². The summed E-state index contributed by atoms with van der Waals surface area (Å²) in [4.78, 5) is 64.8. The molecule has 256 valence electrons. The molecule has 2 fully saturated rings. The average molecular weight is 657 g/mol. The number of fused-ring (bicyclic) bond motifs is 2. The fourth-order valence-corrected chi connectivity index (χ4v) is 8.11. The Bertz CT molecular complexity index is 1490. The zero-order chi connectivity index (χ0) is 35.2. The third kappa shape index (κ3) is 6.20. The van der Waals surface area contributed by atoms with Gasteiger partial charge in [0, 0.05) is 46.5 Å². The second kappa shape index (κ2) is 12.9. The number of ether oxygens (including phenoxy) is 5. The van der Waals surface area contributed by atoms with E-state index in [0.29, 0.717) is 5.57 Å². The van der Waals surface area contributed by atoms with Crippen molar-refractivity contribution in [3.05, 3.63) is 59.2 Å². The molecule has 0 bridgehead atoms. The van der Waals surface area contributed by atoms with Crippen LogP contribution in [0.3, 0.4) is 0 Å². The Morgan fingerprint density at radius 1 is 0.851 bits per heavy atom. The van der Waals surface area contributed by atoms with Crippen LogP contribution in [-0.2, 0) is 42.9 Å². The first kappa shape index (κ1) is 35.8. The van der Waals surface area contributed by atoms with Crippen LogP contribution in [0.5, 0.6) is 0 Å². The Balaban J connectivity index is 2.19. The highest BCUT2D eigenvalue weighted by atomic mass is 16.6. The molecule has 0 heterocycles. The van der Waals surface area contributed by atoms with Crippen molar-refractivity contribution < 1.29 is 57.9 Å². The van der Waals surface area contributed by atoms with E-state index in [-0.39, 0.29) is 29.6 Å². The lowest BCUT2D eigenvalue weighted by Gasteiger charge is -2.55. The molecule has 9 atom stereocenters. The van der Waals surface area contributed by atoms with Gasteiger partial charge in [-0.05, 0) is 49.6 Å². The van der Waals surface area contributed by atoms with E-state index in [9.17, 15) is 34.2 Å². The van der Waals surface area contributed by atoms with Gasteiger partial charge in [0.05, 0.1) is 28.1 Å². The molecule has 3 aliphatic carbocycles. The summed E-state index contributed by atoms with van der Waals surface area (Å²) >= 11 is 0. The molecule has 12 nitrogen and oxygen atoms in total. The van der Waals surface area contributed by atoms with Gasteiger partial charge in [-0.2, -0.15) is 0 Å². The van der Waals surface area contributed by atoms with Crippen molar-refractivity contribution in [2.45, 2.75) is 110 Å². The summed E-state index contributed by atoms with van der Waals surface area (Å²) in [6, 6.07) is 8.07. The van der Waals surface area contributed by atoms with Crippen molar-refractivity contribution >= 4 is 29.8 Å². The Hall–Kier alpha value is -4.03. The molecule has 3 aliphatic rings. The molecule has 2 N–H and O–H groups in total. The molecule has 0 amide bonds. The van der Waals surface area contributed by atoms with Crippen LogP contribution in [0.25, 0.3) is 0 Å². The van der Waals surface area contributed by atoms with Crippen LogP contribution in [0.15, 0.2) is 53.6 Å². The highest BCUT2D eigenvalue weighted by Gasteiger charge is 2.74. The van der Waals surface area contributed by atoms with Gasteiger partial charge >= 0.3 is 29.8 Å². The van der Waals surface area contributed by atoms with Gasteiger partial charge in [0.25, 0.3) is 0 Å². The largest absolute Gasteiger partial charge is 0.462 e. The van der Waals surface area contributed by atoms with Crippen LogP contribution < -0.4 is 0 Å². The molecule has 0 aliphatic heterocycles. The number of hydrogen-bond acceptors (Lipinski definition) is 12. The van der Waals surface area contributed by atoms with Crippen LogP contribution >= 0.6 is 0 Å². The van der Waals surface area contributed by atoms with Crippen molar-refractivity contribution in [2.75, 3.05) is 0 Å². The number of hydrogen-bond donors (Lipinski definition) is 2. The zero-order valence-electron chi connectivity index (χ0n) is 28.0. The van der Waals surface area contributed by atoms with Gasteiger partial charge in [0.2, 0.25) is 0 Å². The van der Waals surface area contributed by atoms with Gasteiger partial charge in [-0.15, -0.1) is 0 Å². The SMILES string of the molecule is C=C1[C@@H](O)C[C@H](OC(C)=O)[C@@]2(C)[C@@H](OC(C)=O)[C@H](OC(=O)c3ccccc3)C3=C(C)[C@@H](OC(C)=O)C[C@@]3(C(C)(C)O)[C@@H](OC(C)=O)[C@H]12. The maximum absolute atomic E-state index is 13.9. The molecule has 1 aromatic rings. The Kier molecular flexibility index (Phi) is 9.81. The summed E-state index contributed by atoms with van der Waals surface area (Å²) in [7, 11) is 0. The molecular weight excluding hydrogens is 612 g/mol. The molecule has 47 heavy (non-hydrogen) atoms. The van der Waals surface area contributed by atoms with E-state index in [4.69, 9.17) is 23.7 Å². The topological polar surface area (TPSA) is 172 Å². The monoisotopic (exact) mass is 656 g/mol. The van der Waals surface area contributed by atoms with E-state index in [0.717, 1.165) is 6.92 Å². The Morgan fingerprint density at radius 3 is 1.89 bits per heavy atom. The maximum atomic E-state index is 13.9. The molecule has 12 heteroatoms. The van der Waals surface area contributed by atoms with Crippen LogP contribution in [-0.4, -0.2) is 82.3 Å². The molecule has 2 saturated carbocycles. The van der Waals surface area contributed by atoms with Gasteiger partial charge in [-0.1, -0.05) is 31.7 Å². The summed E-state index contributed by atoms with van der Waals surface area (Å²) in [5, 5.41) is 23.6. The fraction of sp³-hybridized carbons (Fsp3) is 0.571. The first-order valence-electron chi connectivity index (χ1n) is 15.5. The predicted octanol–water partition coefficient (Wildman–Crippen LogP) is 3.37. The van der Waals surface area contributed by atoms with Gasteiger partial charge in [-0.25, -0.2) is 4.79 Å². The second-order valence-electron chi connectivity index (χ2n) is 13.4. The molecule has 0 aromatic heterocycles. The number of carbonyl (C=O) groups excluding carboxylic acids is 5. The standard InChI is InChI=1S/C35H44O12/c1-17-24(40)15-26(44-20(4)37)34(9)28(17)30(45-21(5)38)35(33(7,8)42)16-25(43-19(3)36)18(2)27(35)29(31(34)46-22(6)39)47-32(41)23-13-11-10-12-14-23/h10-14,24-26,28-31,40,42H,1,15-16H2,2-9H3/t24-,25-,26-,28-,29+,30-,31-,34+,35-/m0/s1. The molecule has 0 saturated heterocycles. The van der Waals surface area contributed by atoms with E-state index in [1.165, 1.54) is 46.8 Å². The summed E-state index contributed by atoms with van der Waals surface area (Å²) in [6.07, 6.45) is -8.13. The maximum Gasteiger partial charge on any atom is 0.338 e. The van der Waals surface area contributed by atoms with Crippen LogP contribution in [0.4, 0.5) is 0 Å². The van der Waals surface area contributed by atoms with Crippen molar-refractivity contribution in [1.82, 2.24) is 0 Å². The first-order chi connectivity index (χ1) is 21.8. The van der Waals surface area contributed by atoms with Crippen LogP contribution in [0, 0.1) is 16.7 Å². The predicted molar refractivity (Wildman–Crippen MR) is 165 cm³/mol. The van der Waals surface area contributed by atoms with Crippen molar-refractivity contribution in [3.8, 4) is 0 Å². The first-order valence-corrected chi connectivity index (χ1v) is 15.5. The lowest BCUT2D eigenvalue weighted by atomic mass is 9.54. The number of benzene rings is 1. The van der Waals surface area contributed by atoms with E-state index >= 15 is 0 Å². The van der Waals surface area contributed by atoms with Gasteiger partial charge < -0.3 is 33.9 Å². The molecule has 0 spiro atoms. The number of aliphatic hydroxyl groups excluding tert-OH is 1. The Morgan fingerprint density at radius 2 is 1.38 bits per heavy atom. The third-order valence-electron chi connectivity index (χ3n) is 10.0. The summed E-state index contributed by atoms with van der Waals surface area (Å²) < 4.78 is 30.1. The quantitative estimate of drug-likeness (QED) is 0.249. The minimum Gasteiger partial charge on any atom is -0.462 e. The zero-order valence-corrected chi connectivity index (χ0v) is 28.0. The number of rotatable bonds is 7. The Labute approximate surface area is 274 Å². The summed E-state index contributed by atoms with van der Waals surface area (Å²) in [5.41, 5.74) is -4.20. The summed E-state index contributed by atoms with van der Waals surface area (Å²) in [5.74, 6) is -4.85. The second-order valence-corrected chi connectivity index (χ2v) is 13.4. The fourth-order valence-electron chi connectivity index (χ4n) is 8.11. The average Bonchev–Trinajstić information content (AvgIpc) is 3.21. The van der Waals surface area contributed by atoms with E-state index in [2.05, 4.69) is 6.58 Å². The number of carbonyl (C=O) groups is 5. The minimum atomic E-state index is -1.82. The highest BCUT2D eigenvalue weighted by Crippen LogP contribution is 2.66.